The highest BCUT2D eigenvalue weighted by atomic mass is 16.4. The van der Waals surface area contributed by atoms with Gasteiger partial charge in [-0.15, -0.1) is 0 Å². The summed E-state index contributed by atoms with van der Waals surface area (Å²) < 4.78 is 0. The van der Waals surface area contributed by atoms with Gasteiger partial charge in [0.1, 0.15) is 0 Å². The van der Waals surface area contributed by atoms with Crippen molar-refractivity contribution in [3.63, 3.8) is 0 Å². The van der Waals surface area contributed by atoms with Crippen LogP contribution >= 0.6 is 0 Å². The van der Waals surface area contributed by atoms with Crippen LogP contribution in [-0.4, -0.2) is 11.1 Å². The third-order valence-electron chi connectivity index (χ3n) is 1.02. The lowest BCUT2D eigenvalue weighted by molar-refractivity contribution is 0.0697. The lowest BCUT2D eigenvalue weighted by Crippen LogP contribution is -1.93. The van der Waals surface area contributed by atoms with E-state index in [2.05, 4.69) is 0 Å². The fourth-order valence-electron chi connectivity index (χ4n) is 0.581. The van der Waals surface area contributed by atoms with E-state index >= 15 is 0 Å². The SMILES string of the molecule is O=C(O)[13c]1ccccc1. The maximum absolute atomic E-state index is 10.2. The monoisotopic (exact) mass is 123 g/mol. The van der Waals surface area contributed by atoms with Crippen molar-refractivity contribution in [2.45, 2.75) is 0 Å². The van der Waals surface area contributed by atoms with Gasteiger partial charge < -0.3 is 5.11 Å². The van der Waals surface area contributed by atoms with Gasteiger partial charge in [0.15, 0.2) is 0 Å². The summed E-state index contributed by atoms with van der Waals surface area (Å²) in [5.74, 6) is -0.879. The van der Waals surface area contributed by atoms with Crippen LogP contribution in [-0.2, 0) is 0 Å². The largest absolute Gasteiger partial charge is 0.478 e. The Morgan fingerprint density at radius 1 is 1.22 bits per heavy atom. The molecule has 0 fully saturated rings. The predicted octanol–water partition coefficient (Wildman–Crippen LogP) is 1.38. The summed E-state index contributed by atoms with van der Waals surface area (Å²) in [6.45, 7) is 0. The van der Waals surface area contributed by atoms with E-state index in [9.17, 15) is 4.79 Å². The fourth-order valence-corrected chi connectivity index (χ4v) is 0.581. The predicted molar refractivity (Wildman–Crippen MR) is 33.4 cm³/mol. The number of aromatic carboxylic acids is 1. The highest BCUT2D eigenvalue weighted by Gasteiger charge is 1.96. The average molecular weight is 123 g/mol. The van der Waals surface area contributed by atoms with Gasteiger partial charge in [0.2, 0.25) is 0 Å². The number of hydrogen-bond donors (Lipinski definition) is 1. The molecule has 9 heavy (non-hydrogen) atoms. The molecule has 46 valence electrons. The summed E-state index contributed by atoms with van der Waals surface area (Å²) in [6, 6.07) is 8.30. The normalized spacial score (nSPS) is 8.89. The highest BCUT2D eigenvalue weighted by Crippen LogP contribution is 1.96. The van der Waals surface area contributed by atoms with Gasteiger partial charge in [-0.25, -0.2) is 4.79 Å². The Bertz CT molecular complexity index is 203. The molecule has 1 aromatic rings. The molecule has 0 spiro atoms. The molecule has 0 aliphatic heterocycles. The lowest BCUT2D eigenvalue weighted by Gasteiger charge is -1.88. The van der Waals surface area contributed by atoms with E-state index in [4.69, 9.17) is 5.11 Å². The van der Waals surface area contributed by atoms with Crippen LogP contribution in [0.1, 0.15) is 10.4 Å². The van der Waals surface area contributed by atoms with E-state index in [1.165, 1.54) is 0 Å². The van der Waals surface area contributed by atoms with Crippen LogP contribution in [0.3, 0.4) is 0 Å². The number of hydrogen-bond acceptors (Lipinski definition) is 1. The molecule has 0 bridgehead atoms. The van der Waals surface area contributed by atoms with E-state index in [0.717, 1.165) is 0 Å². The van der Waals surface area contributed by atoms with Crippen LogP contribution in [0.2, 0.25) is 0 Å². The topological polar surface area (TPSA) is 37.3 Å². The van der Waals surface area contributed by atoms with Crippen LogP contribution in [0, 0.1) is 0 Å². The molecule has 0 saturated heterocycles. The molecular weight excluding hydrogens is 117 g/mol. The van der Waals surface area contributed by atoms with Crippen molar-refractivity contribution in [1.29, 1.82) is 0 Å². The summed E-state index contributed by atoms with van der Waals surface area (Å²) in [5.41, 5.74) is 0.331. The smallest absolute Gasteiger partial charge is 0.335 e. The lowest BCUT2D eigenvalue weighted by atomic mass is 10.4. The highest BCUT2D eigenvalue weighted by molar-refractivity contribution is 5.87. The molecular formula is C7H6O2. The molecule has 2 heteroatoms. The van der Waals surface area contributed by atoms with Crippen LogP contribution in [0.5, 0.6) is 0 Å². The van der Waals surface area contributed by atoms with Gasteiger partial charge in [0.05, 0.1) is 5.56 Å². The Balaban J connectivity index is 2.98. The maximum atomic E-state index is 10.2. The Labute approximate surface area is 52.8 Å². The molecule has 0 heterocycles. The standard InChI is InChI=1S/C7H6O2/c8-7(9)6-4-2-1-3-5-6/h1-5H,(H,8,9)/i6+1. The minimum absolute atomic E-state index is 0.331. The summed E-state index contributed by atoms with van der Waals surface area (Å²) in [6.07, 6.45) is 0. The Morgan fingerprint density at radius 3 is 2.11 bits per heavy atom. The second-order valence-electron chi connectivity index (χ2n) is 1.67. The molecule has 0 aliphatic carbocycles. The van der Waals surface area contributed by atoms with Gasteiger partial charge in [-0.2, -0.15) is 0 Å². The average Bonchev–Trinajstić information content (AvgIpc) is 1.90. The Hall–Kier alpha value is -1.31. The summed E-state index contributed by atoms with van der Waals surface area (Å²) in [5, 5.41) is 8.38. The second-order valence-corrected chi connectivity index (χ2v) is 1.67. The zero-order chi connectivity index (χ0) is 6.69. The first kappa shape index (κ1) is 5.82. The van der Waals surface area contributed by atoms with Crippen molar-refractivity contribution in [2.75, 3.05) is 0 Å². The quantitative estimate of drug-likeness (QED) is 0.612. The van der Waals surface area contributed by atoms with E-state index in [0.29, 0.717) is 5.56 Å². The second kappa shape index (κ2) is 2.31. The first-order chi connectivity index (χ1) is 4.30. The number of rotatable bonds is 1. The van der Waals surface area contributed by atoms with Crippen molar-refractivity contribution >= 4 is 5.97 Å². The fraction of sp³-hybridized carbons (Fsp3) is 0. The molecule has 1 N–H and O–H groups in total. The molecule has 0 aliphatic rings. The summed E-state index contributed by atoms with van der Waals surface area (Å²) in [4.78, 5) is 10.2. The van der Waals surface area contributed by atoms with Gasteiger partial charge in [0, 0.05) is 0 Å². The van der Waals surface area contributed by atoms with E-state index in [1.54, 1.807) is 30.3 Å². The van der Waals surface area contributed by atoms with Gasteiger partial charge in [-0.1, -0.05) is 18.2 Å². The molecule has 0 saturated carbocycles. The van der Waals surface area contributed by atoms with Crippen LogP contribution in [0.4, 0.5) is 0 Å². The first-order valence-corrected chi connectivity index (χ1v) is 2.59. The molecule has 0 amide bonds. The van der Waals surface area contributed by atoms with Gasteiger partial charge >= 0.3 is 5.97 Å². The molecule has 0 radical (unpaired) electrons. The minimum atomic E-state index is -0.879. The molecule has 0 unspecified atom stereocenters. The van der Waals surface area contributed by atoms with Crippen molar-refractivity contribution in [3.8, 4) is 0 Å². The van der Waals surface area contributed by atoms with E-state index < -0.39 is 5.97 Å². The van der Waals surface area contributed by atoms with Crippen molar-refractivity contribution in [2.24, 2.45) is 0 Å². The van der Waals surface area contributed by atoms with Gasteiger partial charge in [0.25, 0.3) is 0 Å². The maximum Gasteiger partial charge on any atom is 0.335 e. The Morgan fingerprint density at radius 2 is 1.78 bits per heavy atom. The zero-order valence-corrected chi connectivity index (χ0v) is 4.74. The third kappa shape index (κ3) is 1.29. The Kier molecular flexibility index (Phi) is 1.49. The molecule has 0 aromatic heterocycles. The number of carboxylic acids is 1. The minimum Gasteiger partial charge on any atom is -0.478 e. The molecule has 0 atom stereocenters. The summed E-state index contributed by atoms with van der Waals surface area (Å²) >= 11 is 0. The number of carboxylic acid groups (broad SMARTS) is 1. The number of carbonyl (C=O) groups is 1. The van der Waals surface area contributed by atoms with Crippen LogP contribution in [0.15, 0.2) is 30.3 Å². The number of benzene rings is 1. The third-order valence-corrected chi connectivity index (χ3v) is 1.02. The van der Waals surface area contributed by atoms with Gasteiger partial charge in [-0.3, -0.25) is 0 Å². The molecule has 1 rings (SSSR count). The molecule has 1 aromatic carbocycles. The van der Waals surface area contributed by atoms with Crippen LogP contribution in [0.25, 0.3) is 0 Å². The van der Waals surface area contributed by atoms with E-state index in [1.807, 2.05) is 0 Å². The van der Waals surface area contributed by atoms with Crippen molar-refractivity contribution in [1.82, 2.24) is 0 Å². The zero-order valence-electron chi connectivity index (χ0n) is 4.74. The van der Waals surface area contributed by atoms with Crippen molar-refractivity contribution < 1.29 is 9.90 Å². The van der Waals surface area contributed by atoms with Crippen LogP contribution < -0.4 is 0 Å². The van der Waals surface area contributed by atoms with E-state index in [-0.39, 0.29) is 0 Å². The molecule has 2 nitrogen and oxygen atoms in total. The first-order valence-electron chi connectivity index (χ1n) is 2.59. The van der Waals surface area contributed by atoms with Gasteiger partial charge in [-0.05, 0) is 12.1 Å². The summed E-state index contributed by atoms with van der Waals surface area (Å²) in [7, 11) is 0. The van der Waals surface area contributed by atoms with Crippen molar-refractivity contribution in [3.05, 3.63) is 35.9 Å².